The van der Waals surface area contributed by atoms with E-state index in [9.17, 15) is 18.3 Å². The van der Waals surface area contributed by atoms with Crippen LogP contribution in [0.4, 0.5) is 0 Å². The molecule has 0 heterocycles. The SMILES string of the molecule is Cc1ccc(S(=O)(=O)NC2CC2)cc1C(=O)N[C@H]1CCCC[C@@H]1CO. The van der Waals surface area contributed by atoms with Crippen molar-refractivity contribution in [3.05, 3.63) is 29.3 Å². The molecule has 3 N–H and O–H groups in total. The van der Waals surface area contributed by atoms with Crippen LogP contribution in [-0.4, -0.2) is 38.1 Å². The van der Waals surface area contributed by atoms with Crippen LogP contribution in [0.15, 0.2) is 23.1 Å². The van der Waals surface area contributed by atoms with Gasteiger partial charge in [0.25, 0.3) is 5.91 Å². The topological polar surface area (TPSA) is 95.5 Å². The summed E-state index contributed by atoms with van der Waals surface area (Å²) in [5.74, 6) is -0.201. The second-order valence-corrected chi connectivity index (χ2v) is 8.89. The van der Waals surface area contributed by atoms with Crippen LogP contribution in [0, 0.1) is 12.8 Å². The van der Waals surface area contributed by atoms with Crippen molar-refractivity contribution in [3.63, 3.8) is 0 Å². The highest BCUT2D eigenvalue weighted by molar-refractivity contribution is 7.89. The molecule has 0 spiro atoms. The second kappa shape index (κ2) is 7.43. The van der Waals surface area contributed by atoms with Crippen LogP contribution >= 0.6 is 0 Å². The predicted molar refractivity (Wildman–Crippen MR) is 94.8 cm³/mol. The Hall–Kier alpha value is -1.44. The summed E-state index contributed by atoms with van der Waals surface area (Å²) in [5, 5.41) is 12.5. The Morgan fingerprint density at radius 3 is 2.60 bits per heavy atom. The lowest BCUT2D eigenvalue weighted by molar-refractivity contribution is 0.0872. The molecule has 138 valence electrons. The maximum Gasteiger partial charge on any atom is 0.251 e. The Morgan fingerprint density at radius 1 is 1.20 bits per heavy atom. The van der Waals surface area contributed by atoms with Gasteiger partial charge in [-0.2, -0.15) is 0 Å². The molecule has 7 heteroatoms. The number of amides is 1. The van der Waals surface area contributed by atoms with Crippen LogP contribution in [-0.2, 0) is 10.0 Å². The van der Waals surface area contributed by atoms with E-state index in [0.717, 1.165) is 44.1 Å². The molecule has 0 bridgehead atoms. The first-order valence-electron chi connectivity index (χ1n) is 8.95. The standard InChI is InChI=1S/C18H26N2O4S/c1-12-6-9-15(25(23,24)20-14-7-8-14)10-16(12)18(22)19-17-5-3-2-4-13(17)11-21/h6,9-10,13-14,17,20-21H,2-5,7-8,11H2,1H3,(H,19,22)/t13-,17+/m1/s1. The lowest BCUT2D eigenvalue weighted by Gasteiger charge is -2.31. The number of hydrogen-bond donors (Lipinski definition) is 3. The van der Waals surface area contributed by atoms with Gasteiger partial charge in [0.05, 0.1) is 4.90 Å². The van der Waals surface area contributed by atoms with Gasteiger partial charge in [0.1, 0.15) is 0 Å². The van der Waals surface area contributed by atoms with Crippen LogP contribution in [0.5, 0.6) is 0 Å². The number of hydrogen-bond acceptors (Lipinski definition) is 4. The van der Waals surface area contributed by atoms with Crippen LogP contribution in [0.1, 0.15) is 54.4 Å². The van der Waals surface area contributed by atoms with Gasteiger partial charge in [-0.3, -0.25) is 4.79 Å². The van der Waals surface area contributed by atoms with Crippen molar-refractivity contribution in [2.45, 2.75) is 62.4 Å². The van der Waals surface area contributed by atoms with E-state index in [0.29, 0.717) is 5.56 Å². The van der Waals surface area contributed by atoms with Crippen molar-refractivity contribution in [1.29, 1.82) is 0 Å². The van der Waals surface area contributed by atoms with Crippen LogP contribution in [0.2, 0.25) is 0 Å². The largest absolute Gasteiger partial charge is 0.396 e. The average molecular weight is 366 g/mol. The number of aliphatic hydroxyl groups excluding tert-OH is 1. The van der Waals surface area contributed by atoms with E-state index in [1.54, 1.807) is 13.0 Å². The van der Waals surface area contributed by atoms with Crippen molar-refractivity contribution in [2.75, 3.05) is 6.61 Å². The van der Waals surface area contributed by atoms with E-state index in [2.05, 4.69) is 10.0 Å². The number of nitrogens with one attached hydrogen (secondary N) is 2. The molecule has 2 saturated carbocycles. The zero-order chi connectivity index (χ0) is 18.0. The minimum Gasteiger partial charge on any atom is -0.396 e. The fourth-order valence-corrected chi connectivity index (χ4v) is 4.69. The zero-order valence-electron chi connectivity index (χ0n) is 14.5. The number of rotatable bonds is 6. The molecule has 1 aromatic rings. The minimum absolute atomic E-state index is 0.0242. The Kier molecular flexibility index (Phi) is 5.46. The fraction of sp³-hybridized carbons (Fsp3) is 0.611. The third kappa shape index (κ3) is 4.40. The van der Waals surface area contributed by atoms with Gasteiger partial charge in [-0.05, 0) is 50.3 Å². The molecular formula is C18H26N2O4S. The third-order valence-electron chi connectivity index (χ3n) is 5.12. The first kappa shape index (κ1) is 18.4. The molecule has 2 fully saturated rings. The highest BCUT2D eigenvalue weighted by Gasteiger charge is 2.29. The van der Waals surface area contributed by atoms with Crippen molar-refractivity contribution in [1.82, 2.24) is 10.0 Å². The number of carbonyl (C=O) groups excluding carboxylic acids is 1. The quantitative estimate of drug-likeness (QED) is 0.714. The lowest BCUT2D eigenvalue weighted by Crippen LogP contribution is -2.43. The summed E-state index contributed by atoms with van der Waals surface area (Å²) in [6.07, 6.45) is 5.57. The summed E-state index contributed by atoms with van der Waals surface area (Å²) < 4.78 is 27.4. The normalized spacial score (nSPS) is 24.1. The van der Waals surface area contributed by atoms with E-state index in [1.165, 1.54) is 12.1 Å². The molecule has 3 rings (SSSR count). The number of benzene rings is 1. The molecule has 1 aromatic carbocycles. The van der Waals surface area contributed by atoms with Gasteiger partial charge in [-0.25, -0.2) is 13.1 Å². The summed E-state index contributed by atoms with van der Waals surface area (Å²) in [4.78, 5) is 12.8. The lowest BCUT2D eigenvalue weighted by atomic mass is 9.85. The molecule has 0 unspecified atom stereocenters. The van der Waals surface area contributed by atoms with Crippen LogP contribution < -0.4 is 10.0 Å². The number of carbonyl (C=O) groups is 1. The summed E-state index contributed by atoms with van der Waals surface area (Å²) in [7, 11) is -3.59. The van der Waals surface area contributed by atoms with Crippen molar-refractivity contribution < 1.29 is 18.3 Å². The summed E-state index contributed by atoms with van der Waals surface area (Å²) >= 11 is 0. The molecule has 0 aromatic heterocycles. The van der Waals surface area contributed by atoms with Crippen molar-refractivity contribution in [2.24, 2.45) is 5.92 Å². The Bertz CT molecular complexity index is 743. The number of sulfonamides is 1. The van der Waals surface area contributed by atoms with Crippen LogP contribution in [0.3, 0.4) is 0 Å². The van der Waals surface area contributed by atoms with Crippen molar-refractivity contribution in [3.8, 4) is 0 Å². The van der Waals surface area contributed by atoms with Gasteiger partial charge in [0, 0.05) is 30.2 Å². The smallest absolute Gasteiger partial charge is 0.251 e. The van der Waals surface area contributed by atoms with Crippen LogP contribution in [0.25, 0.3) is 0 Å². The average Bonchev–Trinajstić information content (AvgIpc) is 3.38. The van der Waals surface area contributed by atoms with Gasteiger partial charge in [0.2, 0.25) is 10.0 Å². The summed E-state index contributed by atoms with van der Waals surface area (Å²) in [5.41, 5.74) is 1.11. The van der Waals surface area contributed by atoms with E-state index >= 15 is 0 Å². The molecule has 1 amide bonds. The highest BCUT2D eigenvalue weighted by atomic mass is 32.2. The van der Waals surface area contributed by atoms with Gasteiger partial charge < -0.3 is 10.4 Å². The van der Waals surface area contributed by atoms with Gasteiger partial charge in [-0.1, -0.05) is 18.9 Å². The molecule has 6 nitrogen and oxygen atoms in total. The maximum atomic E-state index is 12.7. The van der Waals surface area contributed by atoms with E-state index < -0.39 is 10.0 Å². The molecule has 2 aliphatic carbocycles. The minimum atomic E-state index is -3.59. The van der Waals surface area contributed by atoms with Gasteiger partial charge in [-0.15, -0.1) is 0 Å². The Morgan fingerprint density at radius 2 is 1.92 bits per heavy atom. The maximum absolute atomic E-state index is 12.7. The molecule has 0 radical (unpaired) electrons. The summed E-state index contributed by atoms with van der Waals surface area (Å²) in [6.45, 7) is 1.85. The van der Waals surface area contributed by atoms with E-state index in [-0.39, 0.29) is 35.4 Å². The Labute approximate surface area is 149 Å². The molecule has 2 atom stereocenters. The Balaban J connectivity index is 1.78. The molecule has 0 aliphatic heterocycles. The second-order valence-electron chi connectivity index (χ2n) is 7.18. The van der Waals surface area contributed by atoms with Crippen molar-refractivity contribution >= 4 is 15.9 Å². The third-order valence-corrected chi connectivity index (χ3v) is 6.64. The van der Waals surface area contributed by atoms with E-state index in [1.807, 2.05) is 0 Å². The fourth-order valence-electron chi connectivity index (χ4n) is 3.36. The molecule has 2 aliphatic rings. The number of aryl methyl sites for hydroxylation is 1. The molecular weight excluding hydrogens is 340 g/mol. The molecule has 25 heavy (non-hydrogen) atoms. The zero-order valence-corrected chi connectivity index (χ0v) is 15.3. The van der Waals surface area contributed by atoms with Gasteiger partial charge in [0.15, 0.2) is 0 Å². The number of aliphatic hydroxyl groups is 1. The van der Waals surface area contributed by atoms with E-state index in [4.69, 9.17) is 0 Å². The first-order chi connectivity index (χ1) is 11.9. The summed E-state index contributed by atoms with van der Waals surface area (Å²) in [6, 6.07) is 4.62. The first-order valence-corrected chi connectivity index (χ1v) is 10.4. The molecule has 0 saturated heterocycles. The van der Waals surface area contributed by atoms with Gasteiger partial charge >= 0.3 is 0 Å². The highest BCUT2D eigenvalue weighted by Crippen LogP contribution is 2.26. The predicted octanol–water partition coefficient (Wildman–Crippen LogP) is 1.72. The monoisotopic (exact) mass is 366 g/mol.